The molecule has 0 aromatic carbocycles. The molecule has 0 radical (unpaired) electrons. The first kappa shape index (κ1) is 26.8. The molecule has 214 valence electrons. The Hall–Kier alpha value is -4.39. The Kier molecular flexibility index (Phi) is 7.85. The molecule has 2 fully saturated rings. The molecular formula is C27H31ClN10O3. The van der Waals surface area contributed by atoms with E-state index >= 15 is 0 Å². The van der Waals surface area contributed by atoms with Crippen molar-refractivity contribution in [1.82, 2.24) is 34.4 Å². The summed E-state index contributed by atoms with van der Waals surface area (Å²) in [7, 11) is 0. The van der Waals surface area contributed by atoms with Gasteiger partial charge in [-0.05, 0) is 50.7 Å². The van der Waals surface area contributed by atoms with Crippen LogP contribution in [-0.4, -0.2) is 65.9 Å². The summed E-state index contributed by atoms with van der Waals surface area (Å²) in [6.07, 6.45) is 13.1. The lowest BCUT2D eigenvalue weighted by molar-refractivity contribution is 0.0730. The zero-order chi connectivity index (χ0) is 28.2. The van der Waals surface area contributed by atoms with Crippen LogP contribution in [0, 0.1) is 0 Å². The summed E-state index contributed by atoms with van der Waals surface area (Å²) in [4.78, 5) is 37.8. The molecule has 0 aliphatic heterocycles. The molecule has 0 atom stereocenters. The summed E-state index contributed by atoms with van der Waals surface area (Å²) in [5, 5.41) is 17.7. The van der Waals surface area contributed by atoms with Crippen molar-refractivity contribution in [3.63, 3.8) is 0 Å². The summed E-state index contributed by atoms with van der Waals surface area (Å²) < 4.78 is 9.08. The first-order chi connectivity index (χ1) is 20.0. The van der Waals surface area contributed by atoms with Gasteiger partial charge >= 0.3 is 6.09 Å². The number of rotatable bonds is 10. The van der Waals surface area contributed by atoms with E-state index in [9.17, 15) is 9.59 Å². The lowest BCUT2D eigenvalue weighted by Gasteiger charge is -2.29. The SMILES string of the molecule is O=C(NCCn1ccnc1)OC1CCC(Nc2cc(NC3CC3)c3ncc(C(=O)Nc4ccnc(Cl)c4)n3n2)CC1. The Morgan fingerprint density at radius 3 is 2.59 bits per heavy atom. The van der Waals surface area contributed by atoms with Gasteiger partial charge in [0.2, 0.25) is 0 Å². The summed E-state index contributed by atoms with van der Waals surface area (Å²) in [5.41, 5.74) is 2.23. The number of carbonyl (C=O) groups is 2. The second kappa shape index (κ2) is 12.0. The van der Waals surface area contributed by atoms with Gasteiger partial charge in [0, 0.05) is 55.5 Å². The van der Waals surface area contributed by atoms with Gasteiger partial charge in [-0.15, -0.1) is 5.10 Å². The number of aromatic nitrogens is 6. The van der Waals surface area contributed by atoms with E-state index in [1.165, 1.54) is 12.4 Å². The number of imidazole rings is 2. The number of hydrogen-bond donors (Lipinski definition) is 4. The predicted octanol–water partition coefficient (Wildman–Crippen LogP) is 3.95. The van der Waals surface area contributed by atoms with Gasteiger partial charge in [0.25, 0.3) is 5.91 Å². The van der Waals surface area contributed by atoms with E-state index in [0.717, 1.165) is 44.2 Å². The van der Waals surface area contributed by atoms with Crippen molar-refractivity contribution in [1.29, 1.82) is 0 Å². The smallest absolute Gasteiger partial charge is 0.407 e. The highest BCUT2D eigenvalue weighted by Crippen LogP contribution is 2.30. The van der Waals surface area contributed by atoms with Gasteiger partial charge in [-0.25, -0.2) is 24.3 Å². The molecule has 0 spiro atoms. The molecule has 2 amide bonds. The van der Waals surface area contributed by atoms with E-state index in [2.05, 4.69) is 36.2 Å². The summed E-state index contributed by atoms with van der Waals surface area (Å²) in [6.45, 7) is 1.11. The van der Waals surface area contributed by atoms with Crippen molar-refractivity contribution in [2.24, 2.45) is 0 Å². The van der Waals surface area contributed by atoms with Crippen LogP contribution in [0.1, 0.15) is 49.0 Å². The minimum atomic E-state index is -0.399. The fourth-order valence-corrected chi connectivity index (χ4v) is 5.03. The molecule has 2 saturated carbocycles. The van der Waals surface area contributed by atoms with E-state index in [0.29, 0.717) is 42.0 Å². The first-order valence-electron chi connectivity index (χ1n) is 13.7. The normalized spacial score (nSPS) is 18.6. The minimum absolute atomic E-state index is 0.130. The molecule has 14 heteroatoms. The lowest BCUT2D eigenvalue weighted by atomic mass is 9.93. The zero-order valence-corrected chi connectivity index (χ0v) is 23.0. The van der Waals surface area contributed by atoms with Crippen molar-refractivity contribution in [3.05, 3.63) is 60.2 Å². The molecule has 0 saturated heterocycles. The zero-order valence-electron chi connectivity index (χ0n) is 22.3. The Labute approximate surface area is 241 Å². The number of fused-ring (bicyclic) bond motifs is 1. The molecule has 0 unspecified atom stereocenters. The van der Waals surface area contributed by atoms with Crippen molar-refractivity contribution >= 4 is 46.4 Å². The third-order valence-electron chi connectivity index (χ3n) is 7.12. The van der Waals surface area contributed by atoms with Gasteiger partial charge in [-0.2, -0.15) is 0 Å². The van der Waals surface area contributed by atoms with Gasteiger partial charge in [0.05, 0.1) is 18.2 Å². The average molecular weight is 579 g/mol. The number of ether oxygens (including phenoxy) is 1. The van der Waals surface area contributed by atoms with Crippen LogP contribution in [0.5, 0.6) is 0 Å². The molecule has 6 rings (SSSR count). The van der Waals surface area contributed by atoms with E-state index in [1.54, 1.807) is 29.2 Å². The number of pyridine rings is 1. The number of nitrogens with one attached hydrogen (secondary N) is 4. The highest BCUT2D eigenvalue weighted by Gasteiger charge is 2.27. The van der Waals surface area contributed by atoms with E-state index in [4.69, 9.17) is 21.4 Å². The highest BCUT2D eigenvalue weighted by atomic mass is 35.5. The van der Waals surface area contributed by atoms with Crippen LogP contribution in [0.15, 0.2) is 49.3 Å². The number of halogens is 1. The number of nitrogens with zero attached hydrogens (tertiary/aromatic N) is 6. The maximum atomic E-state index is 13.1. The van der Waals surface area contributed by atoms with Gasteiger partial charge < -0.3 is 30.6 Å². The quantitative estimate of drug-likeness (QED) is 0.205. The Balaban J connectivity index is 1.08. The standard InChI is InChI=1S/C27H31ClN10O3/c28-23-13-19(7-8-30-23)35-26(39)22-15-32-25-21(33-17-1-2-17)14-24(36-38(22)25)34-18-3-5-20(6-4-18)41-27(40)31-10-12-37-11-9-29-16-37/h7-9,11,13-18,20,33H,1-6,10,12H2,(H,31,40)(H,34,36)(H,30,35,39). The number of anilines is 3. The van der Waals surface area contributed by atoms with Crippen molar-refractivity contribution in [3.8, 4) is 0 Å². The predicted molar refractivity (Wildman–Crippen MR) is 153 cm³/mol. The third kappa shape index (κ3) is 6.85. The van der Waals surface area contributed by atoms with Crippen LogP contribution >= 0.6 is 11.6 Å². The molecule has 4 N–H and O–H groups in total. The summed E-state index contributed by atoms with van der Waals surface area (Å²) >= 11 is 5.97. The van der Waals surface area contributed by atoms with Gasteiger partial charge in [-0.3, -0.25) is 4.79 Å². The van der Waals surface area contributed by atoms with Crippen LogP contribution in [0.25, 0.3) is 5.65 Å². The molecule has 2 aliphatic rings. The first-order valence-corrected chi connectivity index (χ1v) is 14.1. The highest BCUT2D eigenvalue weighted by molar-refractivity contribution is 6.29. The maximum absolute atomic E-state index is 13.1. The number of alkyl carbamates (subject to hydrolysis) is 1. The summed E-state index contributed by atoms with van der Waals surface area (Å²) in [6, 6.07) is 5.73. The molecular weight excluding hydrogens is 548 g/mol. The Morgan fingerprint density at radius 2 is 1.83 bits per heavy atom. The fourth-order valence-electron chi connectivity index (χ4n) is 4.86. The van der Waals surface area contributed by atoms with E-state index < -0.39 is 6.09 Å². The molecule has 4 aromatic heterocycles. The monoisotopic (exact) mass is 578 g/mol. The minimum Gasteiger partial charge on any atom is -0.446 e. The maximum Gasteiger partial charge on any atom is 0.407 e. The van der Waals surface area contributed by atoms with Gasteiger partial charge in [-0.1, -0.05) is 11.6 Å². The van der Waals surface area contributed by atoms with Crippen LogP contribution < -0.4 is 21.3 Å². The number of carbonyl (C=O) groups excluding carboxylic acids is 2. The second-order valence-corrected chi connectivity index (χ2v) is 10.7. The molecule has 41 heavy (non-hydrogen) atoms. The fraction of sp³-hybridized carbons (Fsp3) is 0.407. The summed E-state index contributed by atoms with van der Waals surface area (Å²) in [5.74, 6) is 0.281. The third-order valence-corrected chi connectivity index (χ3v) is 7.33. The van der Waals surface area contributed by atoms with Crippen LogP contribution in [0.4, 0.5) is 22.0 Å². The van der Waals surface area contributed by atoms with E-state index in [1.807, 2.05) is 16.8 Å². The molecule has 4 aromatic rings. The molecule has 4 heterocycles. The Morgan fingerprint density at radius 1 is 1.02 bits per heavy atom. The van der Waals surface area contributed by atoms with Crippen LogP contribution in [0.3, 0.4) is 0 Å². The number of amides is 2. The Bertz CT molecular complexity index is 1510. The topological polar surface area (TPSA) is 152 Å². The molecule has 2 aliphatic carbocycles. The second-order valence-electron chi connectivity index (χ2n) is 10.3. The van der Waals surface area contributed by atoms with E-state index in [-0.39, 0.29) is 23.2 Å². The largest absolute Gasteiger partial charge is 0.446 e. The van der Waals surface area contributed by atoms with Crippen LogP contribution in [0.2, 0.25) is 5.15 Å². The van der Waals surface area contributed by atoms with Crippen molar-refractivity contribution in [2.45, 2.75) is 63.3 Å². The van der Waals surface area contributed by atoms with Crippen LogP contribution in [-0.2, 0) is 11.3 Å². The number of hydrogen-bond acceptors (Lipinski definition) is 9. The average Bonchev–Trinajstić information content (AvgIpc) is 3.41. The molecule has 0 bridgehead atoms. The van der Waals surface area contributed by atoms with Gasteiger partial charge in [0.1, 0.15) is 17.1 Å². The van der Waals surface area contributed by atoms with Crippen molar-refractivity contribution < 1.29 is 14.3 Å². The lowest BCUT2D eigenvalue weighted by Crippen LogP contribution is -2.35. The molecule has 13 nitrogen and oxygen atoms in total. The van der Waals surface area contributed by atoms with Crippen molar-refractivity contribution in [2.75, 3.05) is 22.5 Å². The van der Waals surface area contributed by atoms with Gasteiger partial charge in [0.15, 0.2) is 11.3 Å².